The van der Waals surface area contributed by atoms with Crippen molar-refractivity contribution in [3.05, 3.63) is 89.0 Å². The third-order valence-corrected chi connectivity index (χ3v) is 4.73. The van der Waals surface area contributed by atoms with Crippen LogP contribution in [0.5, 0.6) is 11.5 Å². The van der Waals surface area contributed by atoms with E-state index >= 15 is 0 Å². The number of amides is 2. The Hall–Kier alpha value is -4.28. The van der Waals surface area contributed by atoms with Crippen molar-refractivity contribution in [3.63, 3.8) is 0 Å². The summed E-state index contributed by atoms with van der Waals surface area (Å²) in [5.74, 6) is 0.178. The Morgan fingerprint density at radius 3 is 2.45 bits per heavy atom. The first kappa shape index (κ1) is 23.4. The van der Waals surface area contributed by atoms with Crippen LogP contribution in [0.1, 0.15) is 5.56 Å². The number of halogens is 1. The summed E-state index contributed by atoms with van der Waals surface area (Å²) in [4.78, 5) is 24.6. The molecule has 0 unspecified atom stereocenters. The van der Waals surface area contributed by atoms with Crippen molar-refractivity contribution < 1.29 is 19.1 Å². The van der Waals surface area contributed by atoms with Crippen LogP contribution in [0.4, 0.5) is 11.4 Å². The summed E-state index contributed by atoms with van der Waals surface area (Å²) < 4.78 is 10.6. The van der Waals surface area contributed by atoms with Crippen molar-refractivity contribution in [1.29, 1.82) is 5.26 Å². The molecule has 0 saturated heterocycles. The third-order valence-electron chi connectivity index (χ3n) is 4.40. The Morgan fingerprint density at radius 2 is 1.76 bits per heavy atom. The highest BCUT2D eigenvalue weighted by atomic mass is 35.5. The second-order valence-electron chi connectivity index (χ2n) is 6.74. The molecule has 0 aromatic heterocycles. The van der Waals surface area contributed by atoms with E-state index in [0.717, 1.165) is 0 Å². The molecule has 8 heteroatoms. The van der Waals surface area contributed by atoms with Crippen molar-refractivity contribution >= 4 is 40.9 Å². The summed E-state index contributed by atoms with van der Waals surface area (Å²) >= 11 is 6.05. The van der Waals surface area contributed by atoms with Gasteiger partial charge in [-0.15, -0.1) is 0 Å². The normalized spacial score (nSPS) is 10.6. The monoisotopic (exact) mass is 461 g/mol. The Balaban J connectivity index is 1.62. The summed E-state index contributed by atoms with van der Waals surface area (Å²) in [5, 5.41) is 15.1. The van der Waals surface area contributed by atoms with Crippen molar-refractivity contribution in [2.75, 3.05) is 24.4 Å². The number of para-hydroxylation sites is 1. The van der Waals surface area contributed by atoms with Gasteiger partial charge in [-0.25, -0.2) is 0 Å². The van der Waals surface area contributed by atoms with E-state index in [1.54, 1.807) is 79.9 Å². The molecule has 0 heterocycles. The van der Waals surface area contributed by atoms with Gasteiger partial charge in [-0.3, -0.25) is 9.59 Å². The highest BCUT2D eigenvalue weighted by molar-refractivity contribution is 6.34. The second kappa shape index (κ2) is 11.4. The van der Waals surface area contributed by atoms with Gasteiger partial charge in [0.2, 0.25) is 0 Å². The molecule has 2 amide bonds. The van der Waals surface area contributed by atoms with Crippen LogP contribution in [-0.2, 0) is 9.59 Å². The Morgan fingerprint density at radius 1 is 1.00 bits per heavy atom. The highest BCUT2D eigenvalue weighted by Gasteiger charge is 2.12. The predicted molar refractivity (Wildman–Crippen MR) is 127 cm³/mol. The first-order valence-electron chi connectivity index (χ1n) is 9.83. The molecule has 3 aromatic rings. The number of benzene rings is 3. The number of methoxy groups -OCH3 is 1. The number of hydrogen-bond acceptors (Lipinski definition) is 5. The van der Waals surface area contributed by atoms with Gasteiger partial charge in [0.05, 0.1) is 17.8 Å². The van der Waals surface area contributed by atoms with E-state index in [1.807, 2.05) is 6.07 Å². The first-order valence-corrected chi connectivity index (χ1v) is 10.2. The maximum Gasteiger partial charge on any atom is 0.266 e. The molecule has 0 aliphatic heterocycles. The predicted octanol–water partition coefficient (Wildman–Crippen LogP) is 4.91. The molecule has 2 N–H and O–H groups in total. The maximum absolute atomic E-state index is 12.5. The summed E-state index contributed by atoms with van der Waals surface area (Å²) in [7, 11) is 1.57. The fraction of sp³-hybridized carbons (Fsp3) is 0.0800. The van der Waals surface area contributed by atoms with E-state index in [2.05, 4.69) is 10.6 Å². The molecule has 3 aromatic carbocycles. The summed E-state index contributed by atoms with van der Waals surface area (Å²) in [6.07, 6.45) is 1.43. The number of ether oxygens (including phenoxy) is 2. The molecule has 3 rings (SSSR count). The van der Waals surface area contributed by atoms with E-state index in [4.69, 9.17) is 21.1 Å². The Labute approximate surface area is 196 Å². The number of carbonyl (C=O) groups is 2. The molecule has 0 fully saturated rings. The molecule has 0 aliphatic carbocycles. The van der Waals surface area contributed by atoms with Crippen molar-refractivity contribution in [3.8, 4) is 17.6 Å². The highest BCUT2D eigenvalue weighted by Crippen LogP contribution is 2.22. The fourth-order valence-electron chi connectivity index (χ4n) is 2.78. The number of carbonyl (C=O) groups excluding carboxylic acids is 2. The van der Waals surface area contributed by atoms with Gasteiger partial charge >= 0.3 is 0 Å². The van der Waals surface area contributed by atoms with Crippen molar-refractivity contribution in [2.24, 2.45) is 0 Å². The van der Waals surface area contributed by atoms with E-state index in [1.165, 1.54) is 6.08 Å². The molecule has 166 valence electrons. The number of nitriles is 1. The Kier molecular flexibility index (Phi) is 8.06. The van der Waals surface area contributed by atoms with Crippen LogP contribution >= 0.6 is 11.6 Å². The molecular weight excluding hydrogens is 442 g/mol. The van der Waals surface area contributed by atoms with E-state index < -0.39 is 5.91 Å². The lowest BCUT2D eigenvalue weighted by Gasteiger charge is -2.09. The quantitative estimate of drug-likeness (QED) is 0.366. The SMILES string of the molecule is COc1ccc(NC(=O)COc2cccc(/C=C(\C#N)C(=O)Nc3ccccc3Cl)c2)cc1. The van der Waals surface area contributed by atoms with E-state index in [-0.39, 0.29) is 18.1 Å². The van der Waals surface area contributed by atoms with Gasteiger partial charge in [0.1, 0.15) is 23.1 Å². The van der Waals surface area contributed by atoms with Gasteiger partial charge in [-0.2, -0.15) is 5.26 Å². The van der Waals surface area contributed by atoms with Crippen LogP contribution in [0.2, 0.25) is 5.02 Å². The summed E-state index contributed by atoms with van der Waals surface area (Å²) in [5.41, 5.74) is 1.48. The molecule has 33 heavy (non-hydrogen) atoms. The topological polar surface area (TPSA) is 100 Å². The zero-order chi connectivity index (χ0) is 23.6. The van der Waals surface area contributed by atoms with Gasteiger partial charge in [0, 0.05) is 5.69 Å². The Bertz CT molecular complexity index is 1220. The number of rotatable bonds is 8. The number of anilines is 2. The van der Waals surface area contributed by atoms with Gasteiger partial charge in [-0.1, -0.05) is 35.9 Å². The molecule has 0 bridgehead atoms. The van der Waals surface area contributed by atoms with Crippen LogP contribution in [0.3, 0.4) is 0 Å². The minimum Gasteiger partial charge on any atom is -0.497 e. The average Bonchev–Trinajstić information content (AvgIpc) is 2.83. The summed E-state index contributed by atoms with van der Waals surface area (Å²) in [6.45, 7) is -0.211. The molecule has 0 radical (unpaired) electrons. The fourth-order valence-corrected chi connectivity index (χ4v) is 2.96. The summed E-state index contributed by atoms with van der Waals surface area (Å²) in [6, 6.07) is 22.3. The molecule has 0 aliphatic rings. The van der Waals surface area contributed by atoms with Gasteiger partial charge < -0.3 is 20.1 Å². The van der Waals surface area contributed by atoms with Crippen LogP contribution in [0.25, 0.3) is 6.08 Å². The lowest BCUT2D eigenvalue weighted by molar-refractivity contribution is -0.118. The smallest absolute Gasteiger partial charge is 0.266 e. The standard InChI is InChI=1S/C25H20ClN3O4/c1-32-20-11-9-19(10-12-20)28-24(30)16-33-21-6-4-5-17(14-21)13-18(15-27)25(31)29-23-8-3-2-7-22(23)26/h2-14H,16H2,1H3,(H,28,30)(H,29,31)/b18-13+. The lowest BCUT2D eigenvalue weighted by Crippen LogP contribution is -2.20. The van der Waals surface area contributed by atoms with Gasteiger partial charge in [0.25, 0.3) is 11.8 Å². The van der Waals surface area contributed by atoms with Gasteiger partial charge in [-0.05, 0) is 60.2 Å². The number of nitrogens with zero attached hydrogens (tertiary/aromatic N) is 1. The number of nitrogens with one attached hydrogen (secondary N) is 2. The molecule has 7 nitrogen and oxygen atoms in total. The van der Waals surface area contributed by atoms with Crippen LogP contribution in [0, 0.1) is 11.3 Å². The van der Waals surface area contributed by atoms with Crippen LogP contribution in [0.15, 0.2) is 78.4 Å². The lowest BCUT2D eigenvalue weighted by atomic mass is 10.1. The maximum atomic E-state index is 12.5. The zero-order valence-electron chi connectivity index (χ0n) is 17.7. The molecule has 0 spiro atoms. The molecule has 0 saturated carbocycles. The average molecular weight is 462 g/mol. The van der Waals surface area contributed by atoms with Crippen LogP contribution < -0.4 is 20.1 Å². The minimum atomic E-state index is -0.587. The van der Waals surface area contributed by atoms with Gasteiger partial charge in [0.15, 0.2) is 6.61 Å². The third kappa shape index (κ3) is 6.86. The molecular formula is C25H20ClN3O4. The zero-order valence-corrected chi connectivity index (χ0v) is 18.4. The van der Waals surface area contributed by atoms with E-state index in [0.29, 0.717) is 33.5 Å². The minimum absolute atomic E-state index is 0.107. The molecule has 0 atom stereocenters. The van der Waals surface area contributed by atoms with Crippen molar-refractivity contribution in [1.82, 2.24) is 0 Å². The first-order chi connectivity index (χ1) is 16.0. The van der Waals surface area contributed by atoms with Crippen LogP contribution in [-0.4, -0.2) is 25.5 Å². The largest absolute Gasteiger partial charge is 0.497 e. The van der Waals surface area contributed by atoms with Crippen molar-refractivity contribution in [2.45, 2.75) is 0 Å². The number of hydrogen-bond donors (Lipinski definition) is 2. The van der Waals surface area contributed by atoms with E-state index in [9.17, 15) is 14.9 Å². The second-order valence-corrected chi connectivity index (χ2v) is 7.15.